The van der Waals surface area contributed by atoms with E-state index in [9.17, 15) is 4.79 Å². The number of esters is 1. The Bertz CT molecular complexity index is 953. The van der Waals surface area contributed by atoms with Gasteiger partial charge in [0.25, 0.3) is 0 Å². The standard InChI is InChI=1S/C17H14Br2N2O2S/c1-3-23-17(22)11-8(2)21-16-13(14(11)20)12(15(19)24-16)9-5-4-6-10(18)7-9/h4-7H,3H2,1-2H3,(H2,20,21). The number of carbonyl (C=O) groups is 1. The maximum atomic E-state index is 12.3. The first kappa shape index (κ1) is 17.4. The van der Waals surface area contributed by atoms with Crippen LogP contribution in [0.25, 0.3) is 21.3 Å². The number of nitrogen functional groups attached to an aromatic ring is 1. The Hall–Kier alpha value is -1.44. The number of fused-ring (bicyclic) bond motifs is 1. The normalized spacial score (nSPS) is 11.0. The molecule has 0 fully saturated rings. The lowest BCUT2D eigenvalue weighted by atomic mass is 10.0. The summed E-state index contributed by atoms with van der Waals surface area (Å²) in [6, 6.07) is 7.93. The van der Waals surface area contributed by atoms with Gasteiger partial charge in [0.05, 0.1) is 21.8 Å². The van der Waals surface area contributed by atoms with Crippen molar-refractivity contribution in [3.05, 3.63) is 43.8 Å². The molecule has 3 rings (SSSR count). The van der Waals surface area contributed by atoms with Gasteiger partial charge in [-0.25, -0.2) is 9.78 Å². The third-order valence-electron chi connectivity index (χ3n) is 3.61. The highest BCUT2D eigenvalue weighted by Crippen LogP contribution is 2.45. The molecular weight excluding hydrogens is 456 g/mol. The minimum atomic E-state index is -0.440. The summed E-state index contributed by atoms with van der Waals surface area (Å²) in [7, 11) is 0. The van der Waals surface area contributed by atoms with Gasteiger partial charge in [0.15, 0.2) is 0 Å². The van der Waals surface area contributed by atoms with Crippen LogP contribution in [-0.4, -0.2) is 17.6 Å². The van der Waals surface area contributed by atoms with Crippen LogP contribution in [0.1, 0.15) is 23.0 Å². The SMILES string of the molecule is CCOC(=O)c1c(C)nc2sc(Br)c(-c3cccc(Br)c3)c2c1N. The second kappa shape index (κ2) is 6.82. The first-order valence-corrected chi connectivity index (χ1v) is 9.65. The first-order valence-electron chi connectivity index (χ1n) is 7.25. The molecule has 0 amide bonds. The largest absolute Gasteiger partial charge is 0.462 e. The molecule has 0 unspecified atom stereocenters. The molecule has 0 spiro atoms. The predicted molar refractivity (Wildman–Crippen MR) is 106 cm³/mol. The lowest BCUT2D eigenvalue weighted by Gasteiger charge is -2.11. The number of carbonyl (C=O) groups excluding carboxylic acids is 1. The third kappa shape index (κ3) is 2.96. The summed E-state index contributed by atoms with van der Waals surface area (Å²) in [4.78, 5) is 17.6. The highest BCUT2D eigenvalue weighted by molar-refractivity contribution is 9.11. The minimum absolute atomic E-state index is 0.293. The quantitative estimate of drug-likeness (QED) is 0.510. The number of aryl methyl sites for hydroxylation is 1. The molecule has 124 valence electrons. The lowest BCUT2D eigenvalue weighted by Crippen LogP contribution is -2.11. The van der Waals surface area contributed by atoms with Crippen molar-refractivity contribution in [2.45, 2.75) is 13.8 Å². The van der Waals surface area contributed by atoms with Gasteiger partial charge in [0, 0.05) is 15.4 Å². The van der Waals surface area contributed by atoms with Crippen LogP contribution in [0.3, 0.4) is 0 Å². The van der Waals surface area contributed by atoms with Crippen LogP contribution < -0.4 is 5.73 Å². The third-order valence-corrected chi connectivity index (χ3v) is 5.86. The zero-order valence-electron chi connectivity index (χ0n) is 13.0. The molecule has 0 aliphatic heterocycles. The smallest absolute Gasteiger partial charge is 0.342 e. The summed E-state index contributed by atoms with van der Waals surface area (Å²) >= 11 is 8.60. The molecule has 0 atom stereocenters. The van der Waals surface area contributed by atoms with Gasteiger partial charge < -0.3 is 10.5 Å². The van der Waals surface area contributed by atoms with Crippen LogP contribution in [0, 0.1) is 6.92 Å². The molecule has 0 aliphatic carbocycles. The minimum Gasteiger partial charge on any atom is -0.462 e. The van der Waals surface area contributed by atoms with Crippen molar-refractivity contribution in [1.29, 1.82) is 0 Å². The van der Waals surface area contributed by atoms with Gasteiger partial charge in [0.1, 0.15) is 10.4 Å². The number of benzene rings is 1. The summed E-state index contributed by atoms with van der Waals surface area (Å²) < 4.78 is 7.03. The number of rotatable bonds is 3. The number of hydrogen-bond acceptors (Lipinski definition) is 5. The van der Waals surface area contributed by atoms with E-state index in [1.807, 2.05) is 24.3 Å². The number of ether oxygens (including phenoxy) is 1. The van der Waals surface area contributed by atoms with Gasteiger partial charge >= 0.3 is 5.97 Å². The Morgan fingerprint density at radius 2 is 2.12 bits per heavy atom. The zero-order chi connectivity index (χ0) is 17.4. The van der Waals surface area contributed by atoms with Crippen LogP contribution in [0.15, 0.2) is 32.5 Å². The van der Waals surface area contributed by atoms with E-state index in [1.54, 1.807) is 13.8 Å². The topological polar surface area (TPSA) is 65.2 Å². The van der Waals surface area contributed by atoms with E-state index in [2.05, 4.69) is 36.8 Å². The van der Waals surface area contributed by atoms with E-state index in [0.717, 1.165) is 29.6 Å². The number of aromatic nitrogens is 1. The van der Waals surface area contributed by atoms with E-state index < -0.39 is 5.97 Å². The Kier molecular flexibility index (Phi) is 4.94. The first-order chi connectivity index (χ1) is 11.4. The van der Waals surface area contributed by atoms with E-state index in [4.69, 9.17) is 10.5 Å². The molecule has 0 radical (unpaired) electrons. The maximum Gasteiger partial charge on any atom is 0.342 e. The van der Waals surface area contributed by atoms with Crippen molar-refractivity contribution in [2.24, 2.45) is 0 Å². The second-order valence-corrected chi connectivity index (χ2v) is 8.38. The Balaban J connectivity index is 2.34. The van der Waals surface area contributed by atoms with Gasteiger partial charge in [-0.3, -0.25) is 0 Å². The number of halogens is 2. The molecule has 4 nitrogen and oxygen atoms in total. The summed E-state index contributed by atoms with van der Waals surface area (Å²) in [5, 5.41) is 0.777. The fourth-order valence-electron chi connectivity index (χ4n) is 2.61. The fourth-order valence-corrected chi connectivity index (χ4v) is 4.89. The van der Waals surface area contributed by atoms with Crippen molar-refractivity contribution in [2.75, 3.05) is 12.3 Å². The van der Waals surface area contributed by atoms with Crippen molar-refractivity contribution in [3.8, 4) is 11.1 Å². The molecule has 2 heterocycles. The summed E-state index contributed by atoms with van der Waals surface area (Å²) in [6.45, 7) is 3.83. The second-order valence-electron chi connectivity index (χ2n) is 5.15. The molecule has 24 heavy (non-hydrogen) atoms. The average molecular weight is 470 g/mol. The molecule has 0 saturated heterocycles. The Morgan fingerprint density at radius 3 is 2.79 bits per heavy atom. The highest BCUT2D eigenvalue weighted by Gasteiger charge is 2.23. The molecule has 2 N–H and O–H groups in total. The molecule has 0 saturated carbocycles. The molecule has 1 aromatic carbocycles. The van der Waals surface area contributed by atoms with E-state index in [1.165, 1.54) is 11.3 Å². The Labute approximate surface area is 160 Å². The molecular formula is C17H14Br2N2O2S. The lowest BCUT2D eigenvalue weighted by molar-refractivity contribution is 0.0526. The highest BCUT2D eigenvalue weighted by atomic mass is 79.9. The summed E-state index contributed by atoms with van der Waals surface area (Å²) in [5.74, 6) is -0.440. The predicted octanol–water partition coefficient (Wildman–Crippen LogP) is 5.56. The fraction of sp³-hybridized carbons (Fsp3) is 0.176. The number of pyridine rings is 1. The average Bonchev–Trinajstić information content (AvgIpc) is 2.83. The summed E-state index contributed by atoms with van der Waals surface area (Å²) in [6.07, 6.45) is 0. The molecule has 7 heteroatoms. The van der Waals surface area contributed by atoms with Gasteiger partial charge in [-0.05, 0) is 47.5 Å². The van der Waals surface area contributed by atoms with Crippen LogP contribution in [-0.2, 0) is 4.74 Å². The maximum absolute atomic E-state index is 12.3. The van der Waals surface area contributed by atoms with Crippen molar-refractivity contribution < 1.29 is 9.53 Å². The summed E-state index contributed by atoms with van der Waals surface area (Å²) in [5.41, 5.74) is 9.63. The number of anilines is 1. The van der Waals surface area contributed by atoms with Gasteiger partial charge in [-0.2, -0.15) is 0 Å². The monoisotopic (exact) mass is 468 g/mol. The van der Waals surface area contributed by atoms with E-state index in [-0.39, 0.29) is 0 Å². The number of nitrogens with zero attached hydrogens (tertiary/aromatic N) is 1. The van der Waals surface area contributed by atoms with Gasteiger partial charge in [-0.15, -0.1) is 11.3 Å². The Morgan fingerprint density at radius 1 is 1.38 bits per heavy atom. The zero-order valence-corrected chi connectivity index (χ0v) is 17.0. The molecule has 0 bridgehead atoms. The van der Waals surface area contributed by atoms with Crippen molar-refractivity contribution in [1.82, 2.24) is 4.98 Å². The van der Waals surface area contributed by atoms with Crippen LogP contribution >= 0.6 is 43.2 Å². The number of hydrogen-bond donors (Lipinski definition) is 1. The van der Waals surface area contributed by atoms with Gasteiger partial charge in [-0.1, -0.05) is 28.1 Å². The van der Waals surface area contributed by atoms with Crippen LogP contribution in [0.5, 0.6) is 0 Å². The van der Waals surface area contributed by atoms with E-state index in [0.29, 0.717) is 23.6 Å². The van der Waals surface area contributed by atoms with E-state index >= 15 is 0 Å². The van der Waals surface area contributed by atoms with Gasteiger partial charge in [0.2, 0.25) is 0 Å². The molecule has 0 aliphatic rings. The molecule has 3 aromatic rings. The number of nitrogens with two attached hydrogens (primary N) is 1. The molecule has 2 aromatic heterocycles. The van der Waals surface area contributed by atoms with Crippen LogP contribution in [0.4, 0.5) is 5.69 Å². The van der Waals surface area contributed by atoms with Crippen molar-refractivity contribution in [3.63, 3.8) is 0 Å². The number of thiophene rings is 1. The van der Waals surface area contributed by atoms with Crippen LogP contribution in [0.2, 0.25) is 0 Å². The van der Waals surface area contributed by atoms with Crippen molar-refractivity contribution >= 4 is 65.1 Å².